The maximum absolute atomic E-state index is 5.95. The summed E-state index contributed by atoms with van der Waals surface area (Å²) in [5.41, 5.74) is 7.95. The highest BCUT2D eigenvalue weighted by atomic mass is 15.1. The minimum absolute atomic E-state index is 0.358. The van der Waals surface area contributed by atoms with Crippen LogP contribution < -0.4 is 5.73 Å². The second kappa shape index (κ2) is 6.41. The summed E-state index contributed by atoms with van der Waals surface area (Å²) in [7, 11) is 0. The summed E-state index contributed by atoms with van der Waals surface area (Å²) in [6.45, 7) is 11.6. The van der Waals surface area contributed by atoms with Gasteiger partial charge in [-0.1, -0.05) is 45.3 Å². The predicted molar refractivity (Wildman–Crippen MR) is 83.1 cm³/mol. The zero-order valence-corrected chi connectivity index (χ0v) is 13.1. The molecule has 0 aromatic carbocycles. The molecule has 1 aliphatic heterocycles. The average molecular weight is 264 g/mol. The Hall–Kier alpha value is -0.340. The lowest BCUT2D eigenvalue weighted by Crippen LogP contribution is -2.39. The summed E-state index contributed by atoms with van der Waals surface area (Å²) < 4.78 is 0. The zero-order valence-electron chi connectivity index (χ0n) is 13.1. The molecule has 2 heteroatoms. The molecule has 0 radical (unpaired) electrons. The van der Waals surface area contributed by atoms with E-state index in [4.69, 9.17) is 5.73 Å². The Bertz CT molecular complexity index is 314. The van der Waals surface area contributed by atoms with Gasteiger partial charge in [-0.05, 0) is 43.1 Å². The van der Waals surface area contributed by atoms with E-state index < -0.39 is 0 Å². The Balaban J connectivity index is 1.86. The van der Waals surface area contributed by atoms with Crippen molar-refractivity contribution in [3.05, 3.63) is 11.6 Å². The zero-order chi connectivity index (χ0) is 13.9. The lowest BCUT2D eigenvalue weighted by Gasteiger charge is -2.37. The van der Waals surface area contributed by atoms with Gasteiger partial charge in [-0.3, -0.25) is 4.90 Å². The van der Waals surface area contributed by atoms with Crippen molar-refractivity contribution in [2.24, 2.45) is 23.0 Å². The van der Waals surface area contributed by atoms with Crippen LogP contribution >= 0.6 is 0 Å². The third-order valence-corrected chi connectivity index (χ3v) is 5.12. The molecule has 0 amide bonds. The Morgan fingerprint density at radius 3 is 2.42 bits per heavy atom. The summed E-state index contributed by atoms with van der Waals surface area (Å²) in [6.07, 6.45) is 9.30. The fourth-order valence-corrected chi connectivity index (χ4v) is 3.72. The van der Waals surface area contributed by atoms with Crippen LogP contribution in [0.15, 0.2) is 11.6 Å². The third kappa shape index (κ3) is 4.06. The van der Waals surface area contributed by atoms with E-state index in [1.807, 2.05) is 0 Å². The van der Waals surface area contributed by atoms with Crippen LogP contribution in [0.1, 0.15) is 52.9 Å². The number of nitrogens with zero attached hydrogens (tertiary/aromatic N) is 1. The molecule has 2 atom stereocenters. The van der Waals surface area contributed by atoms with Crippen molar-refractivity contribution < 1.29 is 0 Å². The molecular formula is C17H32N2. The number of rotatable bonds is 3. The SMILES string of the molecule is CC(C)(C)C1=CCN(CC2CCCCC2CN)CC1. The molecule has 0 spiro atoms. The highest BCUT2D eigenvalue weighted by molar-refractivity contribution is 5.14. The predicted octanol–water partition coefficient (Wildman–Crippen LogP) is 3.43. The first-order valence-corrected chi connectivity index (χ1v) is 8.12. The van der Waals surface area contributed by atoms with Gasteiger partial charge in [0.1, 0.15) is 0 Å². The van der Waals surface area contributed by atoms with Crippen molar-refractivity contribution >= 4 is 0 Å². The van der Waals surface area contributed by atoms with Gasteiger partial charge in [0.15, 0.2) is 0 Å². The van der Waals surface area contributed by atoms with Crippen LogP contribution in [-0.2, 0) is 0 Å². The van der Waals surface area contributed by atoms with E-state index in [-0.39, 0.29) is 0 Å². The van der Waals surface area contributed by atoms with Crippen LogP contribution in [0.3, 0.4) is 0 Å². The Morgan fingerprint density at radius 1 is 1.21 bits per heavy atom. The van der Waals surface area contributed by atoms with Crippen molar-refractivity contribution in [3.8, 4) is 0 Å². The van der Waals surface area contributed by atoms with E-state index in [0.717, 1.165) is 24.9 Å². The van der Waals surface area contributed by atoms with E-state index in [0.29, 0.717) is 5.41 Å². The molecule has 0 aromatic heterocycles. The summed E-state index contributed by atoms with van der Waals surface area (Å²) in [6, 6.07) is 0. The van der Waals surface area contributed by atoms with Crippen molar-refractivity contribution in [3.63, 3.8) is 0 Å². The lowest BCUT2D eigenvalue weighted by molar-refractivity contribution is 0.158. The molecule has 0 aromatic rings. The highest BCUT2D eigenvalue weighted by Crippen LogP contribution is 2.33. The topological polar surface area (TPSA) is 29.3 Å². The smallest absolute Gasteiger partial charge is 0.0166 e. The molecular weight excluding hydrogens is 232 g/mol. The summed E-state index contributed by atoms with van der Waals surface area (Å²) >= 11 is 0. The standard InChI is InChI=1S/C17H32N2/c1-17(2,3)16-8-10-19(11-9-16)13-15-7-5-4-6-14(15)12-18/h8,14-15H,4-7,9-13,18H2,1-3H3. The van der Waals surface area contributed by atoms with Gasteiger partial charge >= 0.3 is 0 Å². The maximum atomic E-state index is 5.95. The van der Waals surface area contributed by atoms with E-state index in [1.54, 1.807) is 5.57 Å². The Kier molecular flexibility index (Phi) is 5.08. The van der Waals surface area contributed by atoms with Gasteiger partial charge in [-0.15, -0.1) is 0 Å². The van der Waals surface area contributed by atoms with Crippen LogP contribution in [-0.4, -0.2) is 31.1 Å². The lowest BCUT2D eigenvalue weighted by atomic mass is 9.78. The van der Waals surface area contributed by atoms with Crippen LogP contribution in [0.4, 0.5) is 0 Å². The average Bonchev–Trinajstić information content (AvgIpc) is 2.39. The second-order valence-corrected chi connectivity index (χ2v) is 7.53. The Labute approximate surface area is 119 Å². The van der Waals surface area contributed by atoms with Gasteiger partial charge in [-0.25, -0.2) is 0 Å². The van der Waals surface area contributed by atoms with Gasteiger partial charge < -0.3 is 5.73 Å². The largest absolute Gasteiger partial charge is 0.330 e. The number of hydrogen-bond acceptors (Lipinski definition) is 2. The molecule has 2 unspecified atom stereocenters. The first-order valence-electron chi connectivity index (χ1n) is 8.12. The molecule has 2 nitrogen and oxygen atoms in total. The normalized spacial score (nSPS) is 30.2. The monoisotopic (exact) mass is 264 g/mol. The molecule has 19 heavy (non-hydrogen) atoms. The molecule has 1 aliphatic carbocycles. The summed E-state index contributed by atoms with van der Waals surface area (Å²) in [4.78, 5) is 2.65. The summed E-state index contributed by atoms with van der Waals surface area (Å²) in [5.74, 6) is 1.63. The molecule has 110 valence electrons. The second-order valence-electron chi connectivity index (χ2n) is 7.53. The van der Waals surface area contributed by atoms with Gasteiger partial charge in [0.2, 0.25) is 0 Å². The minimum atomic E-state index is 0.358. The van der Waals surface area contributed by atoms with E-state index in [2.05, 4.69) is 31.7 Å². The van der Waals surface area contributed by atoms with Gasteiger partial charge in [-0.2, -0.15) is 0 Å². The Morgan fingerprint density at radius 2 is 1.89 bits per heavy atom. The van der Waals surface area contributed by atoms with Gasteiger partial charge in [0.25, 0.3) is 0 Å². The van der Waals surface area contributed by atoms with Crippen LogP contribution in [0.25, 0.3) is 0 Å². The quantitative estimate of drug-likeness (QED) is 0.791. The fourth-order valence-electron chi connectivity index (χ4n) is 3.72. The van der Waals surface area contributed by atoms with E-state index in [9.17, 15) is 0 Å². The summed E-state index contributed by atoms with van der Waals surface area (Å²) in [5, 5.41) is 0. The molecule has 0 bridgehead atoms. The molecule has 2 N–H and O–H groups in total. The number of hydrogen-bond donors (Lipinski definition) is 1. The van der Waals surface area contributed by atoms with Gasteiger partial charge in [0.05, 0.1) is 0 Å². The molecule has 1 heterocycles. The first-order chi connectivity index (χ1) is 9.00. The third-order valence-electron chi connectivity index (χ3n) is 5.12. The van der Waals surface area contributed by atoms with Crippen LogP contribution in [0.2, 0.25) is 0 Å². The first kappa shape index (κ1) is 15.1. The fraction of sp³-hybridized carbons (Fsp3) is 0.882. The van der Waals surface area contributed by atoms with Crippen molar-refractivity contribution in [1.82, 2.24) is 4.90 Å². The molecule has 1 saturated carbocycles. The molecule has 2 aliphatic rings. The van der Waals surface area contributed by atoms with Crippen molar-refractivity contribution in [2.45, 2.75) is 52.9 Å². The van der Waals surface area contributed by atoms with E-state index >= 15 is 0 Å². The van der Waals surface area contributed by atoms with Crippen molar-refractivity contribution in [1.29, 1.82) is 0 Å². The maximum Gasteiger partial charge on any atom is 0.0166 e. The van der Waals surface area contributed by atoms with Gasteiger partial charge in [0, 0.05) is 19.6 Å². The minimum Gasteiger partial charge on any atom is -0.330 e. The van der Waals surface area contributed by atoms with Crippen molar-refractivity contribution in [2.75, 3.05) is 26.2 Å². The number of nitrogens with two attached hydrogens (primary N) is 1. The molecule has 1 fully saturated rings. The molecule has 0 saturated heterocycles. The van der Waals surface area contributed by atoms with Crippen LogP contribution in [0, 0.1) is 17.3 Å². The highest BCUT2D eigenvalue weighted by Gasteiger charge is 2.27. The van der Waals surface area contributed by atoms with E-state index in [1.165, 1.54) is 45.2 Å². The molecule has 2 rings (SSSR count). The van der Waals surface area contributed by atoms with Crippen LogP contribution in [0.5, 0.6) is 0 Å².